The van der Waals surface area contributed by atoms with Gasteiger partial charge in [-0.25, -0.2) is 0 Å². The molecule has 0 aromatic heterocycles. The molecule has 1 aliphatic heterocycles. The number of amides is 1. The van der Waals surface area contributed by atoms with Gasteiger partial charge in [0.1, 0.15) is 5.75 Å². The van der Waals surface area contributed by atoms with E-state index in [2.05, 4.69) is 0 Å². The third kappa shape index (κ3) is 3.10. The maximum atomic E-state index is 11.9. The lowest BCUT2D eigenvalue weighted by Crippen LogP contribution is -2.34. The minimum Gasteiger partial charge on any atom is -0.493 e. The molecular formula is C15H19NO4. The summed E-state index contributed by atoms with van der Waals surface area (Å²) in [5, 5.41) is 8.60. The second-order valence-electron chi connectivity index (χ2n) is 4.74. The number of carboxylic acid groups (broad SMARTS) is 1. The Morgan fingerprint density at radius 2 is 2.20 bits per heavy atom. The van der Waals surface area contributed by atoms with Gasteiger partial charge in [-0.3, -0.25) is 9.59 Å². The van der Waals surface area contributed by atoms with Crippen LogP contribution in [0, 0.1) is 0 Å². The van der Waals surface area contributed by atoms with Crippen molar-refractivity contribution in [3.63, 3.8) is 0 Å². The zero-order valence-electron chi connectivity index (χ0n) is 11.6. The highest BCUT2D eigenvalue weighted by atomic mass is 16.5. The van der Waals surface area contributed by atoms with E-state index in [1.54, 1.807) is 4.90 Å². The lowest BCUT2D eigenvalue weighted by atomic mass is 10.00. The molecule has 20 heavy (non-hydrogen) atoms. The van der Waals surface area contributed by atoms with E-state index in [1.807, 2.05) is 25.1 Å². The Kier molecular flexibility index (Phi) is 4.61. The molecule has 0 unspecified atom stereocenters. The first-order chi connectivity index (χ1) is 9.63. The van der Waals surface area contributed by atoms with Gasteiger partial charge < -0.3 is 14.7 Å². The summed E-state index contributed by atoms with van der Waals surface area (Å²) in [6.45, 7) is 2.98. The van der Waals surface area contributed by atoms with Crippen LogP contribution in [0.25, 0.3) is 0 Å². The smallest absolute Gasteiger partial charge is 0.303 e. The highest BCUT2D eigenvalue weighted by molar-refractivity contribution is 5.96. The number of anilines is 1. The van der Waals surface area contributed by atoms with Crippen molar-refractivity contribution in [3.8, 4) is 5.75 Å². The summed E-state index contributed by atoms with van der Waals surface area (Å²) in [6, 6.07) is 5.68. The summed E-state index contributed by atoms with van der Waals surface area (Å²) in [6.07, 6.45) is 1.76. The van der Waals surface area contributed by atoms with Gasteiger partial charge in [0.05, 0.1) is 12.3 Å². The summed E-state index contributed by atoms with van der Waals surface area (Å²) in [7, 11) is 0. The molecule has 1 aromatic rings. The van der Waals surface area contributed by atoms with Crippen molar-refractivity contribution in [2.24, 2.45) is 0 Å². The number of ether oxygens (including phenoxy) is 1. The molecule has 5 heteroatoms. The molecule has 0 atom stereocenters. The summed E-state index contributed by atoms with van der Waals surface area (Å²) >= 11 is 0. The predicted octanol–water partition coefficient (Wildman–Crippen LogP) is 2.23. The number of benzene rings is 1. The van der Waals surface area contributed by atoms with E-state index in [0.29, 0.717) is 32.4 Å². The second-order valence-corrected chi connectivity index (χ2v) is 4.74. The average Bonchev–Trinajstić information content (AvgIpc) is 2.43. The van der Waals surface area contributed by atoms with Crippen molar-refractivity contribution in [3.05, 3.63) is 23.8 Å². The van der Waals surface area contributed by atoms with Crippen molar-refractivity contribution < 1.29 is 19.4 Å². The Labute approximate surface area is 118 Å². The molecule has 0 spiro atoms. The van der Waals surface area contributed by atoms with Crippen LogP contribution in [0.5, 0.6) is 5.75 Å². The number of carbonyl (C=O) groups is 2. The van der Waals surface area contributed by atoms with Gasteiger partial charge in [0.25, 0.3) is 0 Å². The third-order valence-corrected chi connectivity index (χ3v) is 3.40. The van der Waals surface area contributed by atoms with Gasteiger partial charge in [-0.05, 0) is 31.9 Å². The molecule has 0 saturated heterocycles. The minimum absolute atomic E-state index is 0.106. The van der Waals surface area contributed by atoms with Gasteiger partial charge in [-0.2, -0.15) is 0 Å². The molecule has 1 N–H and O–H groups in total. The molecule has 1 aliphatic rings. The van der Waals surface area contributed by atoms with Crippen LogP contribution in [0.1, 0.15) is 31.7 Å². The Balaban J connectivity index is 2.10. The number of hydrogen-bond acceptors (Lipinski definition) is 3. The highest BCUT2D eigenvalue weighted by Gasteiger charge is 2.25. The highest BCUT2D eigenvalue weighted by Crippen LogP contribution is 2.34. The van der Waals surface area contributed by atoms with Gasteiger partial charge >= 0.3 is 5.97 Å². The second kappa shape index (κ2) is 6.41. The number of carbonyl (C=O) groups excluding carboxylic acids is 1. The number of aliphatic carboxylic acids is 1. The van der Waals surface area contributed by atoms with E-state index in [9.17, 15) is 9.59 Å². The lowest BCUT2D eigenvalue weighted by Gasteiger charge is -2.29. The summed E-state index contributed by atoms with van der Waals surface area (Å²) in [5.74, 6) is 0.0910. The van der Waals surface area contributed by atoms with E-state index < -0.39 is 5.97 Å². The lowest BCUT2D eigenvalue weighted by molar-refractivity contribution is -0.137. The first kappa shape index (κ1) is 14.4. The standard InChI is InChI=1S/C15H19NO4/c1-2-16-12-5-3-6-13(11(12)8-9-14(16)17)20-10-4-7-15(18)19/h3,5-6H,2,4,7-10H2,1H3,(H,18,19). The van der Waals surface area contributed by atoms with Gasteiger partial charge in [0.2, 0.25) is 5.91 Å². The van der Waals surface area contributed by atoms with Crippen LogP contribution in [0.3, 0.4) is 0 Å². The quantitative estimate of drug-likeness (QED) is 0.810. The number of nitrogens with zero attached hydrogens (tertiary/aromatic N) is 1. The molecule has 0 bridgehead atoms. The van der Waals surface area contributed by atoms with Crippen LogP contribution >= 0.6 is 0 Å². The topological polar surface area (TPSA) is 66.8 Å². The van der Waals surface area contributed by atoms with Gasteiger partial charge in [0, 0.05) is 24.9 Å². The molecular weight excluding hydrogens is 258 g/mol. The fraction of sp³-hybridized carbons (Fsp3) is 0.467. The molecule has 0 radical (unpaired) electrons. The first-order valence-corrected chi connectivity index (χ1v) is 6.90. The zero-order chi connectivity index (χ0) is 14.5. The summed E-state index contributed by atoms with van der Waals surface area (Å²) < 4.78 is 5.68. The minimum atomic E-state index is -0.813. The normalized spacial score (nSPS) is 14.1. The number of carboxylic acids is 1. The molecule has 5 nitrogen and oxygen atoms in total. The van der Waals surface area contributed by atoms with Crippen LogP contribution in [0.15, 0.2) is 18.2 Å². The number of hydrogen-bond donors (Lipinski definition) is 1. The van der Waals surface area contributed by atoms with Crippen molar-refractivity contribution in [2.75, 3.05) is 18.1 Å². The van der Waals surface area contributed by atoms with E-state index in [4.69, 9.17) is 9.84 Å². The Morgan fingerprint density at radius 1 is 1.40 bits per heavy atom. The van der Waals surface area contributed by atoms with Gasteiger partial charge in [0.15, 0.2) is 0 Å². The third-order valence-electron chi connectivity index (χ3n) is 3.40. The predicted molar refractivity (Wildman–Crippen MR) is 75.2 cm³/mol. The molecule has 108 valence electrons. The zero-order valence-corrected chi connectivity index (χ0v) is 11.6. The van der Waals surface area contributed by atoms with Crippen molar-refractivity contribution in [1.82, 2.24) is 0 Å². The Bertz CT molecular complexity index is 513. The summed E-state index contributed by atoms with van der Waals surface area (Å²) in [5.41, 5.74) is 1.96. The average molecular weight is 277 g/mol. The molecule has 1 aromatic carbocycles. The van der Waals surface area contributed by atoms with E-state index in [-0.39, 0.29) is 12.3 Å². The first-order valence-electron chi connectivity index (χ1n) is 6.90. The molecule has 1 amide bonds. The van der Waals surface area contributed by atoms with E-state index in [0.717, 1.165) is 17.0 Å². The van der Waals surface area contributed by atoms with Crippen molar-refractivity contribution >= 4 is 17.6 Å². The fourth-order valence-electron chi connectivity index (χ4n) is 2.45. The molecule has 0 fully saturated rings. The maximum absolute atomic E-state index is 11.9. The van der Waals surface area contributed by atoms with Crippen LogP contribution in [0.4, 0.5) is 5.69 Å². The van der Waals surface area contributed by atoms with E-state index >= 15 is 0 Å². The SMILES string of the molecule is CCN1C(=O)CCc2c(OCCCC(=O)O)cccc21. The summed E-state index contributed by atoms with van der Waals surface area (Å²) in [4.78, 5) is 24.1. The van der Waals surface area contributed by atoms with Crippen LogP contribution in [-0.2, 0) is 16.0 Å². The van der Waals surface area contributed by atoms with E-state index in [1.165, 1.54) is 0 Å². The van der Waals surface area contributed by atoms with Crippen LogP contribution in [-0.4, -0.2) is 30.1 Å². The fourth-order valence-corrected chi connectivity index (χ4v) is 2.45. The van der Waals surface area contributed by atoms with Crippen molar-refractivity contribution in [2.45, 2.75) is 32.6 Å². The molecule has 0 aliphatic carbocycles. The number of rotatable bonds is 6. The maximum Gasteiger partial charge on any atom is 0.303 e. The molecule has 0 saturated carbocycles. The van der Waals surface area contributed by atoms with Gasteiger partial charge in [-0.1, -0.05) is 6.07 Å². The monoisotopic (exact) mass is 277 g/mol. The Hall–Kier alpha value is -2.04. The van der Waals surface area contributed by atoms with Crippen LogP contribution < -0.4 is 9.64 Å². The van der Waals surface area contributed by atoms with Crippen LogP contribution in [0.2, 0.25) is 0 Å². The van der Waals surface area contributed by atoms with Crippen molar-refractivity contribution in [1.29, 1.82) is 0 Å². The number of fused-ring (bicyclic) bond motifs is 1. The Morgan fingerprint density at radius 3 is 2.90 bits per heavy atom. The molecule has 1 heterocycles. The molecule has 2 rings (SSSR count). The van der Waals surface area contributed by atoms with Gasteiger partial charge in [-0.15, -0.1) is 0 Å². The largest absolute Gasteiger partial charge is 0.493 e.